The van der Waals surface area contributed by atoms with E-state index in [1.54, 1.807) is 12.1 Å². The van der Waals surface area contributed by atoms with Crippen molar-refractivity contribution < 1.29 is 9.84 Å². The fourth-order valence-electron chi connectivity index (χ4n) is 2.33. The second kappa shape index (κ2) is 5.86. The molecular formula is C14H12N4O2S. The molecule has 0 aromatic heterocycles. The van der Waals surface area contributed by atoms with Crippen molar-refractivity contribution in [2.45, 2.75) is 5.92 Å². The molecule has 1 heterocycles. The molecule has 2 rings (SSSR count). The van der Waals surface area contributed by atoms with Crippen molar-refractivity contribution in [3.05, 3.63) is 23.8 Å². The highest BCUT2D eigenvalue weighted by atomic mass is 32.2. The molecule has 1 saturated heterocycles. The summed E-state index contributed by atoms with van der Waals surface area (Å²) in [6, 6.07) is 8.65. The molecule has 7 heteroatoms. The van der Waals surface area contributed by atoms with Gasteiger partial charge in [-0.05, 0) is 17.7 Å². The third-order valence-electron chi connectivity index (χ3n) is 3.37. The average molecular weight is 300 g/mol. The summed E-state index contributed by atoms with van der Waals surface area (Å²) in [6.45, 7) is 0. The van der Waals surface area contributed by atoms with Crippen LogP contribution in [0, 0.1) is 45.3 Å². The van der Waals surface area contributed by atoms with Gasteiger partial charge in [-0.3, -0.25) is 10.8 Å². The standard InChI is InChI=1S/C14H12N4O2S/c1-20-11-4-7(2-3-10(11)19)12-8(5-15)13(17)21-14(18)9(12)6-16/h2-4,8-9,12,17-19H,1H3. The summed E-state index contributed by atoms with van der Waals surface area (Å²) in [6.07, 6.45) is 0. The van der Waals surface area contributed by atoms with Crippen molar-refractivity contribution in [2.75, 3.05) is 7.11 Å². The van der Waals surface area contributed by atoms with Gasteiger partial charge in [0.05, 0.1) is 29.3 Å². The van der Waals surface area contributed by atoms with Gasteiger partial charge in [-0.2, -0.15) is 10.5 Å². The highest BCUT2D eigenvalue weighted by Gasteiger charge is 2.42. The van der Waals surface area contributed by atoms with Crippen LogP contribution in [-0.4, -0.2) is 22.3 Å². The van der Waals surface area contributed by atoms with Gasteiger partial charge in [0.15, 0.2) is 11.5 Å². The van der Waals surface area contributed by atoms with E-state index in [0.29, 0.717) is 5.56 Å². The first-order valence-corrected chi connectivity index (χ1v) is 6.86. The Bertz CT molecular complexity index is 657. The van der Waals surface area contributed by atoms with E-state index in [9.17, 15) is 15.6 Å². The molecule has 0 spiro atoms. The molecule has 1 aliphatic heterocycles. The number of methoxy groups -OCH3 is 1. The van der Waals surface area contributed by atoms with Gasteiger partial charge in [-0.1, -0.05) is 17.8 Å². The molecule has 1 aromatic carbocycles. The first-order chi connectivity index (χ1) is 10.0. The Morgan fingerprint density at radius 2 is 1.76 bits per heavy atom. The molecule has 2 unspecified atom stereocenters. The third kappa shape index (κ3) is 2.56. The molecule has 0 aliphatic carbocycles. The average Bonchev–Trinajstić information content (AvgIpc) is 2.47. The van der Waals surface area contributed by atoms with E-state index in [1.165, 1.54) is 13.2 Å². The largest absolute Gasteiger partial charge is 0.504 e. The summed E-state index contributed by atoms with van der Waals surface area (Å²) in [4.78, 5) is 0. The Morgan fingerprint density at radius 3 is 2.24 bits per heavy atom. The van der Waals surface area contributed by atoms with Crippen molar-refractivity contribution in [1.29, 1.82) is 21.3 Å². The first-order valence-electron chi connectivity index (χ1n) is 6.04. The molecule has 3 N–H and O–H groups in total. The predicted molar refractivity (Wildman–Crippen MR) is 78.7 cm³/mol. The van der Waals surface area contributed by atoms with Crippen molar-refractivity contribution >= 4 is 21.8 Å². The molecule has 0 radical (unpaired) electrons. The Kier molecular flexibility index (Phi) is 4.15. The minimum Gasteiger partial charge on any atom is -0.504 e. The van der Waals surface area contributed by atoms with E-state index in [1.807, 2.05) is 12.1 Å². The molecule has 6 nitrogen and oxygen atoms in total. The second-order valence-electron chi connectivity index (χ2n) is 4.50. The van der Waals surface area contributed by atoms with E-state index in [4.69, 9.17) is 15.6 Å². The fourth-order valence-corrected chi connectivity index (χ4v) is 3.22. The summed E-state index contributed by atoms with van der Waals surface area (Å²) in [5.41, 5.74) is 0.595. The number of phenolic OH excluding ortho intramolecular Hbond substituents is 1. The van der Waals surface area contributed by atoms with Gasteiger partial charge in [-0.15, -0.1) is 0 Å². The predicted octanol–water partition coefficient (Wildman–Crippen LogP) is 2.47. The van der Waals surface area contributed by atoms with E-state index in [-0.39, 0.29) is 21.6 Å². The van der Waals surface area contributed by atoms with Gasteiger partial charge in [0, 0.05) is 5.92 Å². The summed E-state index contributed by atoms with van der Waals surface area (Å²) in [7, 11) is 1.41. The minimum atomic E-state index is -0.789. The lowest BCUT2D eigenvalue weighted by Crippen LogP contribution is -2.34. The molecule has 1 aromatic rings. The van der Waals surface area contributed by atoms with Crippen LogP contribution >= 0.6 is 11.8 Å². The van der Waals surface area contributed by atoms with Gasteiger partial charge in [0.1, 0.15) is 11.8 Å². The molecule has 0 saturated carbocycles. The van der Waals surface area contributed by atoms with Crippen LogP contribution in [0.1, 0.15) is 11.5 Å². The topological polar surface area (TPSA) is 125 Å². The number of hydrogen-bond acceptors (Lipinski definition) is 7. The van der Waals surface area contributed by atoms with E-state index < -0.39 is 17.8 Å². The zero-order valence-corrected chi connectivity index (χ0v) is 11.9. The summed E-state index contributed by atoms with van der Waals surface area (Å²) in [5, 5.41) is 44.1. The van der Waals surface area contributed by atoms with Crippen molar-refractivity contribution in [1.82, 2.24) is 0 Å². The summed E-state index contributed by atoms with van der Waals surface area (Å²) >= 11 is 0.859. The highest BCUT2D eigenvalue weighted by molar-refractivity contribution is 8.26. The van der Waals surface area contributed by atoms with Crippen molar-refractivity contribution in [3.63, 3.8) is 0 Å². The van der Waals surface area contributed by atoms with Crippen LogP contribution in [-0.2, 0) is 0 Å². The van der Waals surface area contributed by atoms with E-state index >= 15 is 0 Å². The number of nitriles is 2. The summed E-state index contributed by atoms with van der Waals surface area (Å²) < 4.78 is 5.04. The molecule has 1 aliphatic rings. The zero-order valence-electron chi connectivity index (χ0n) is 11.1. The van der Waals surface area contributed by atoms with Crippen LogP contribution in [0.4, 0.5) is 0 Å². The number of aromatic hydroxyl groups is 1. The molecule has 21 heavy (non-hydrogen) atoms. The first kappa shape index (κ1) is 14.9. The maximum Gasteiger partial charge on any atom is 0.160 e. The maximum absolute atomic E-state index is 9.64. The number of hydrogen-bond donors (Lipinski definition) is 3. The normalized spacial score (nSPS) is 25.0. The fraction of sp³-hybridized carbons (Fsp3) is 0.286. The number of nitrogens with one attached hydrogen (secondary N) is 2. The number of thioether (sulfide) groups is 1. The lowest BCUT2D eigenvalue weighted by Gasteiger charge is -2.31. The maximum atomic E-state index is 9.64. The number of ether oxygens (including phenoxy) is 1. The zero-order chi connectivity index (χ0) is 15.6. The summed E-state index contributed by atoms with van der Waals surface area (Å²) in [5.74, 6) is -2.00. The van der Waals surface area contributed by atoms with Gasteiger partial charge < -0.3 is 9.84 Å². The van der Waals surface area contributed by atoms with Crippen LogP contribution in [0.2, 0.25) is 0 Å². The molecule has 2 atom stereocenters. The molecule has 1 fully saturated rings. The lowest BCUT2D eigenvalue weighted by atomic mass is 9.78. The number of nitrogens with zero attached hydrogens (tertiary/aromatic N) is 2. The molecule has 0 bridgehead atoms. The van der Waals surface area contributed by atoms with Gasteiger partial charge in [0.25, 0.3) is 0 Å². The van der Waals surface area contributed by atoms with E-state index in [0.717, 1.165) is 11.8 Å². The van der Waals surface area contributed by atoms with Crippen molar-refractivity contribution in [3.8, 4) is 23.6 Å². The Labute approximate surface area is 126 Å². The third-order valence-corrected chi connectivity index (χ3v) is 4.32. The van der Waals surface area contributed by atoms with Gasteiger partial charge >= 0.3 is 0 Å². The second-order valence-corrected chi connectivity index (χ2v) is 5.58. The van der Waals surface area contributed by atoms with Crippen LogP contribution in [0.15, 0.2) is 18.2 Å². The quantitative estimate of drug-likeness (QED) is 0.773. The van der Waals surface area contributed by atoms with E-state index in [2.05, 4.69) is 0 Å². The smallest absolute Gasteiger partial charge is 0.160 e. The Balaban J connectivity index is 2.55. The molecular weight excluding hydrogens is 288 g/mol. The molecule has 106 valence electrons. The van der Waals surface area contributed by atoms with Crippen molar-refractivity contribution in [2.24, 2.45) is 11.8 Å². The Morgan fingerprint density at radius 1 is 1.19 bits per heavy atom. The number of phenols is 1. The molecule has 0 amide bonds. The lowest BCUT2D eigenvalue weighted by molar-refractivity contribution is 0.372. The van der Waals surface area contributed by atoms with Crippen LogP contribution in [0.3, 0.4) is 0 Å². The minimum absolute atomic E-state index is 0.0430. The highest BCUT2D eigenvalue weighted by Crippen LogP contribution is 2.44. The number of benzene rings is 1. The number of rotatable bonds is 2. The van der Waals surface area contributed by atoms with Crippen LogP contribution in [0.5, 0.6) is 11.5 Å². The monoisotopic (exact) mass is 300 g/mol. The SMILES string of the molecule is COc1cc(C2C(C#N)C(=N)SC(=N)C2C#N)ccc1O. The van der Waals surface area contributed by atoms with Gasteiger partial charge in [0.2, 0.25) is 0 Å². The van der Waals surface area contributed by atoms with Gasteiger partial charge in [-0.25, -0.2) is 0 Å². The van der Waals surface area contributed by atoms with Crippen LogP contribution < -0.4 is 4.74 Å². The van der Waals surface area contributed by atoms with Crippen LogP contribution in [0.25, 0.3) is 0 Å². The Hall–Kier alpha value is -2.51.